The molecule has 0 spiro atoms. The van der Waals surface area contributed by atoms with Crippen molar-refractivity contribution in [3.63, 3.8) is 0 Å². The molecule has 3 heteroatoms. The highest BCUT2D eigenvalue weighted by atomic mass is 16.5. The van der Waals surface area contributed by atoms with Crippen LogP contribution >= 0.6 is 0 Å². The fourth-order valence-corrected chi connectivity index (χ4v) is 2.00. The zero-order valence-corrected chi connectivity index (χ0v) is 11.6. The van der Waals surface area contributed by atoms with E-state index < -0.39 is 0 Å². The summed E-state index contributed by atoms with van der Waals surface area (Å²) >= 11 is 0. The Bertz CT molecular complexity index is 585. The first-order valence-corrected chi connectivity index (χ1v) is 6.47. The zero-order valence-electron chi connectivity index (χ0n) is 11.6. The van der Waals surface area contributed by atoms with Crippen LogP contribution in [0.3, 0.4) is 0 Å². The average molecular weight is 257 g/mol. The first-order chi connectivity index (χ1) is 9.30. The van der Waals surface area contributed by atoms with Crippen LogP contribution in [0.4, 0.5) is 0 Å². The van der Waals surface area contributed by atoms with Crippen molar-refractivity contribution in [2.24, 2.45) is 0 Å². The van der Waals surface area contributed by atoms with E-state index >= 15 is 0 Å². The Morgan fingerprint density at radius 2 is 2.05 bits per heavy atom. The molecule has 0 aliphatic rings. The molecule has 0 bridgehead atoms. The van der Waals surface area contributed by atoms with Gasteiger partial charge in [0.2, 0.25) is 0 Å². The van der Waals surface area contributed by atoms with Crippen LogP contribution < -0.4 is 9.47 Å². The number of fused-ring (bicyclic) bond motifs is 1. The highest BCUT2D eigenvalue weighted by Crippen LogP contribution is 2.30. The minimum atomic E-state index is 0.785. The predicted octanol–water partition coefficient (Wildman–Crippen LogP) is 4.07. The fraction of sp³-hybridized carbons (Fsp3) is 0.312. The molecule has 1 heterocycles. The van der Waals surface area contributed by atoms with Crippen molar-refractivity contribution >= 4 is 17.0 Å². The Morgan fingerprint density at radius 3 is 2.74 bits per heavy atom. The standard InChI is InChI=1S/C16H19NO2/c1-4-5-6-7-13-14-10-12(18-2)8-9-15(14)17-11-16(13)19-3/h6-11H,4-5H2,1-3H3. The lowest BCUT2D eigenvalue weighted by molar-refractivity contribution is 0.412. The lowest BCUT2D eigenvalue weighted by Crippen LogP contribution is -1.92. The monoisotopic (exact) mass is 257 g/mol. The Hall–Kier alpha value is -2.03. The van der Waals surface area contributed by atoms with E-state index in [1.165, 1.54) is 0 Å². The summed E-state index contributed by atoms with van der Waals surface area (Å²) in [6.45, 7) is 2.16. The summed E-state index contributed by atoms with van der Waals surface area (Å²) in [7, 11) is 3.33. The van der Waals surface area contributed by atoms with Crippen LogP contribution in [0.25, 0.3) is 17.0 Å². The number of pyridine rings is 1. The van der Waals surface area contributed by atoms with Crippen LogP contribution in [-0.4, -0.2) is 19.2 Å². The number of allylic oxidation sites excluding steroid dienone is 1. The van der Waals surface area contributed by atoms with Crippen molar-refractivity contribution < 1.29 is 9.47 Å². The molecule has 0 saturated heterocycles. The fourth-order valence-electron chi connectivity index (χ4n) is 2.00. The van der Waals surface area contributed by atoms with Gasteiger partial charge < -0.3 is 9.47 Å². The van der Waals surface area contributed by atoms with Gasteiger partial charge in [-0.25, -0.2) is 0 Å². The van der Waals surface area contributed by atoms with Gasteiger partial charge in [0.15, 0.2) is 0 Å². The highest BCUT2D eigenvalue weighted by Gasteiger charge is 2.07. The Morgan fingerprint density at radius 1 is 1.21 bits per heavy atom. The summed E-state index contributed by atoms with van der Waals surface area (Å²) in [5, 5.41) is 1.05. The van der Waals surface area contributed by atoms with Crippen LogP contribution in [0.15, 0.2) is 30.5 Å². The first kappa shape index (κ1) is 13.4. The van der Waals surface area contributed by atoms with E-state index in [1.807, 2.05) is 18.2 Å². The minimum absolute atomic E-state index is 0.785. The second-order valence-electron chi connectivity index (χ2n) is 4.31. The maximum absolute atomic E-state index is 5.40. The summed E-state index contributed by atoms with van der Waals surface area (Å²) in [5.74, 6) is 1.61. The molecule has 0 radical (unpaired) electrons. The number of unbranched alkanes of at least 4 members (excludes halogenated alkanes) is 1. The Balaban J connectivity index is 2.59. The molecule has 0 aliphatic carbocycles. The quantitative estimate of drug-likeness (QED) is 0.809. The van der Waals surface area contributed by atoms with E-state index in [2.05, 4.69) is 24.1 Å². The van der Waals surface area contributed by atoms with Gasteiger partial charge in [-0.2, -0.15) is 0 Å². The van der Waals surface area contributed by atoms with Gasteiger partial charge in [0.25, 0.3) is 0 Å². The molecule has 0 aliphatic heterocycles. The van der Waals surface area contributed by atoms with Crippen LogP contribution in [-0.2, 0) is 0 Å². The maximum atomic E-state index is 5.40. The molecule has 3 nitrogen and oxygen atoms in total. The molecule has 2 aromatic rings. The van der Waals surface area contributed by atoms with Gasteiger partial charge in [-0.05, 0) is 24.6 Å². The summed E-state index contributed by atoms with van der Waals surface area (Å²) in [6.07, 6.45) is 8.21. The van der Waals surface area contributed by atoms with E-state index in [0.717, 1.165) is 40.8 Å². The molecule has 1 aromatic carbocycles. The van der Waals surface area contributed by atoms with Gasteiger partial charge in [-0.3, -0.25) is 4.98 Å². The van der Waals surface area contributed by atoms with Crippen molar-refractivity contribution in [1.29, 1.82) is 0 Å². The van der Waals surface area contributed by atoms with Gasteiger partial charge in [0.1, 0.15) is 11.5 Å². The molecule has 0 fully saturated rings. The maximum Gasteiger partial charge on any atom is 0.144 e. The van der Waals surface area contributed by atoms with Gasteiger partial charge >= 0.3 is 0 Å². The normalized spacial score (nSPS) is 11.1. The third kappa shape index (κ3) is 2.87. The van der Waals surface area contributed by atoms with Crippen molar-refractivity contribution in [3.05, 3.63) is 36.0 Å². The van der Waals surface area contributed by atoms with Crippen molar-refractivity contribution in [2.45, 2.75) is 19.8 Å². The smallest absolute Gasteiger partial charge is 0.144 e. The minimum Gasteiger partial charge on any atom is -0.497 e. The Kier molecular flexibility index (Phi) is 4.39. The van der Waals surface area contributed by atoms with Gasteiger partial charge in [0.05, 0.1) is 25.9 Å². The summed E-state index contributed by atoms with van der Waals surface area (Å²) in [6, 6.07) is 5.88. The number of hydrogen-bond acceptors (Lipinski definition) is 3. The van der Waals surface area contributed by atoms with Crippen LogP contribution in [0.1, 0.15) is 25.3 Å². The Labute approximate surface area is 113 Å². The summed E-state index contributed by atoms with van der Waals surface area (Å²) < 4.78 is 10.7. The summed E-state index contributed by atoms with van der Waals surface area (Å²) in [5.41, 5.74) is 2.00. The molecule has 0 saturated carbocycles. The van der Waals surface area contributed by atoms with Crippen molar-refractivity contribution in [2.75, 3.05) is 14.2 Å². The number of aromatic nitrogens is 1. The van der Waals surface area contributed by atoms with Crippen LogP contribution in [0.2, 0.25) is 0 Å². The zero-order chi connectivity index (χ0) is 13.7. The van der Waals surface area contributed by atoms with Crippen molar-refractivity contribution in [3.8, 4) is 11.5 Å². The van der Waals surface area contributed by atoms with E-state index in [4.69, 9.17) is 9.47 Å². The molecule has 0 N–H and O–H groups in total. The number of nitrogens with zero attached hydrogens (tertiary/aromatic N) is 1. The molecular formula is C16H19NO2. The first-order valence-electron chi connectivity index (χ1n) is 6.47. The molecule has 0 unspecified atom stereocenters. The lowest BCUT2D eigenvalue weighted by atomic mass is 10.1. The van der Waals surface area contributed by atoms with E-state index in [0.29, 0.717) is 0 Å². The SMILES string of the molecule is CCCC=Cc1c(OC)cnc2ccc(OC)cc12. The van der Waals surface area contributed by atoms with E-state index in [9.17, 15) is 0 Å². The number of benzene rings is 1. The van der Waals surface area contributed by atoms with Gasteiger partial charge in [-0.15, -0.1) is 0 Å². The molecule has 0 amide bonds. The van der Waals surface area contributed by atoms with E-state index in [-0.39, 0.29) is 0 Å². The second kappa shape index (κ2) is 6.23. The number of rotatable bonds is 5. The second-order valence-corrected chi connectivity index (χ2v) is 4.31. The molecule has 1 aromatic heterocycles. The van der Waals surface area contributed by atoms with Gasteiger partial charge in [0, 0.05) is 10.9 Å². The molecule has 2 rings (SSSR count). The van der Waals surface area contributed by atoms with Crippen LogP contribution in [0.5, 0.6) is 11.5 Å². The summed E-state index contributed by atoms with van der Waals surface area (Å²) in [4.78, 5) is 4.40. The topological polar surface area (TPSA) is 31.4 Å². The highest BCUT2D eigenvalue weighted by molar-refractivity contribution is 5.91. The van der Waals surface area contributed by atoms with Crippen molar-refractivity contribution in [1.82, 2.24) is 4.98 Å². The largest absolute Gasteiger partial charge is 0.497 e. The van der Waals surface area contributed by atoms with Gasteiger partial charge in [-0.1, -0.05) is 25.5 Å². The number of methoxy groups -OCH3 is 2. The lowest BCUT2D eigenvalue weighted by Gasteiger charge is -2.09. The third-order valence-corrected chi connectivity index (χ3v) is 3.04. The predicted molar refractivity (Wildman–Crippen MR) is 78.8 cm³/mol. The molecular weight excluding hydrogens is 238 g/mol. The number of hydrogen-bond donors (Lipinski definition) is 0. The molecule has 100 valence electrons. The third-order valence-electron chi connectivity index (χ3n) is 3.04. The molecule has 19 heavy (non-hydrogen) atoms. The molecule has 0 atom stereocenters. The average Bonchev–Trinajstić information content (AvgIpc) is 2.47. The van der Waals surface area contributed by atoms with E-state index in [1.54, 1.807) is 20.4 Å². The van der Waals surface area contributed by atoms with Crippen LogP contribution in [0, 0.1) is 0 Å². The number of ether oxygens (including phenoxy) is 2.